The van der Waals surface area contributed by atoms with Gasteiger partial charge >= 0.3 is 0 Å². The number of pyridine rings is 1. The first-order chi connectivity index (χ1) is 15.2. The number of aryl methyl sites for hydroxylation is 1. The number of fused-ring (bicyclic) bond motifs is 1. The van der Waals surface area contributed by atoms with Crippen LogP contribution in [0, 0.1) is 0 Å². The van der Waals surface area contributed by atoms with Gasteiger partial charge in [0.05, 0.1) is 11.2 Å². The van der Waals surface area contributed by atoms with Crippen molar-refractivity contribution in [3.63, 3.8) is 0 Å². The molecule has 6 nitrogen and oxygen atoms in total. The number of benzene rings is 2. The van der Waals surface area contributed by atoms with E-state index in [9.17, 15) is 0 Å². The van der Waals surface area contributed by atoms with Crippen LogP contribution >= 0.6 is 0 Å². The van der Waals surface area contributed by atoms with Crippen molar-refractivity contribution in [3.8, 4) is 11.3 Å². The Balaban J connectivity index is 1.55. The molecule has 4 aromatic rings. The summed E-state index contributed by atoms with van der Waals surface area (Å²) in [6.45, 7) is 2.86. The minimum atomic E-state index is 0.348. The normalized spacial score (nSPS) is 11.8. The predicted molar refractivity (Wildman–Crippen MR) is 127 cm³/mol. The van der Waals surface area contributed by atoms with Gasteiger partial charge in [0.1, 0.15) is 17.3 Å². The molecule has 0 aliphatic carbocycles. The molecule has 6 heteroatoms. The van der Waals surface area contributed by atoms with Crippen LogP contribution < -0.4 is 11.5 Å². The predicted octanol–water partition coefficient (Wildman–Crippen LogP) is 5.28. The molecule has 0 radical (unpaired) electrons. The van der Waals surface area contributed by atoms with Crippen LogP contribution in [0.2, 0.25) is 0 Å². The Morgan fingerprint density at radius 2 is 1.81 bits per heavy atom. The standard InChI is InChI=1S/C25H27N5O/c1-2-15-28-21(23-19-12-6-7-13-20(19)29-25(27)24(23)26)14-8-11-18-16-22(30-31-18)17-9-4-3-5-10-17/h3-7,9-10,12-13,16H,2,8,11,14-15,26H2,1H3,(H2,27,29). The Morgan fingerprint density at radius 1 is 1.03 bits per heavy atom. The molecule has 4 rings (SSSR count). The van der Waals surface area contributed by atoms with Crippen molar-refractivity contribution in [2.24, 2.45) is 4.99 Å². The summed E-state index contributed by atoms with van der Waals surface area (Å²) in [6.07, 6.45) is 3.36. The highest BCUT2D eigenvalue weighted by molar-refractivity contribution is 6.15. The van der Waals surface area contributed by atoms with Gasteiger partial charge in [0, 0.05) is 41.3 Å². The van der Waals surface area contributed by atoms with Crippen molar-refractivity contribution in [3.05, 3.63) is 72.0 Å². The highest BCUT2D eigenvalue weighted by Gasteiger charge is 2.16. The lowest BCUT2D eigenvalue weighted by molar-refractivity contribution is 0.383. The van der Waals surface area contributed by atoms with E-state index in [2.05, 4.69) is 17.1 Å². The van der Waals surface area contributed by atoms with Crippen LogP contribution in [0.1, 0.15) is 37.5 Å². The summed E-state index contributed by atoms with van der Waals surface area (Å²) in [6, 6.07) is 20.0. The lowest BCUT2D eigenvalue weighted by atomic mass is 9.98. The van der Waals surface area contributed by atoms with Gasteiger partial charge in [-0.2, -0.15) is 0 Å². The molecule has 0 aliphatic rings. The van der Waals surface area contributed by atoms with Gasteiger partial charge in [-0.3, -0.25) is 4.99 Å². The first-order valence-corrected chi connectivity index (χ1v) is 10.7. The third-order valence-electron chi connectivity index (χ3n) is 5.24. The number of rotatable bonds is 8. The molecule has 4 N–H and O–H groups in total. The van der Waals surface area contributed by atoms with Crippen LogP contribution in [0.3, 0.4) is 0 Å². The summed E-state index contributed by atoms with van der Waals surface area (Å²) in [5, 5.41) is 5.19. The van der Waals surface area contributed by atoms with E-state index >= 15 is 0 Å². The third kappa shape index (κ3) is 4.58. The Kier molecular flexibility index (Phi) is 6.26. The molecule has 158 valence electrons. The van der Waals surface area contributed by atoms with E-state index in [1.807, 2.05) is 60.7 Å². The second kappa shape index (κ2) is 9.43. The minimum Gasteiger partial charge on any atom is -0.395 e. The second-order valence-electron chi connectivity index (χ2n) is 7.53. The largest absolute Gasteiger partial charge is 0.395 e. The summed E-state index contributed by atoms with van der Waals surface area (Å²) in [7, 11) is 0. The number of para-hydroxylation sites is 1. The maximum Gasteiger partial charge on any atom is 0.148 e. The quantitative estimate of drug-likeness (QED) is 0.383. The fraction of sp³-hybridized carbons (Fsp3) is 0.240. The molecule has 0 bridgehead atoms. The van der Waals surface area contributed by atoms with E-state index in [-0.39, 0.29) is 0 Å². The van der Waals surface area contributed by atoms with Crippen molar-refractivity contribution >= 4 is 28.1 Å². The van der Waals surface area contributed by atoms with Crippen LogP contribution in [0.4, 0.5) is 11.5 Å². The molecule has 0 unspecified atom stereocenters. The fourth-order valence-electron chi connectivity index (χ4n) is 3.69. The number of anilines is 2. The lowest BCUT2D eigenvalue weighted by Gasteiger charge is -2.14. The van der Waals surface area contributed by atoms with Gasteiger partial charge in [0.2, 0.25) is 0 Å². The second-order valence-corrected chi connectivity index (χ2v) is 7.53. The molecule has 2 aromatic heterocycles. The smallest absolute Gasteiger partial charge is 0.148 e. The monoisotopic (exact) mass is 413 g/mol. The van der Waals surface area contributed by atoms with Crippen molar-refractivity contribution in [2.45, 2.75) is 32.6 Å². The van der Waals surface area contributed by atoms with Crippen LogP contribution in [0.15, 0.2) is 70.2 Å². The average molecular weight is 414 g/mol. The molecule has 2 heterocycles. The number of aromatic nitrogens is 2. The van der Waals surface area contributed by atoms with Gasteiger partial charge in [-0.25, -0.2) is 4.98 Å². The van der Waals surface area contributed by atoms with E-state index in [4.69, 9.17) is 21.0 Å². The molecule has 0 saturated heterocycles. The Hall–Kier alpha value is -3.67. The van der Waals surface area contributed by atoms with Crippen LogP contribution in [-0.4, -0.2) is 22.4 Å². The number of hydrogen-bond acceptors (Lipinski definition) is 6. The maximum atomic E-state index is 6.38. The van der Waals surface area contributed by atoms with E-state index in [0.717, 1.165) is 71.4 Å². The van der Waals surface area contributed by atoms with Gasteiger partial charge < -0.3 is 16.0 Å². The molecule has 0 amide bonds. The summed E-state index contributed by atoms with van der Waals surface area (Å²) < 4.78 is 5.56. The van der Waals surface area contributed by atoms with Gasteiger partial charge in [0.25, 0.3) is 0 Å². The Bertz CT molecular complexity index is 1200. The summed E-state index contributed by atoms with van der Waals surface area (Å²) in [5.41, 5.74) is 17.6. The van der Waals surface area contributed by atoms with E-state index in [1.54, 1.807) is 0 Å². The number of nitrogens with zero attached hydrogens (tertiary/aromatic N) is 3. The molecule has 0 fully saturated rings. The fourth-order valence-corrected chi connectivity index (χ4v) is 3.69. The third-order valence-corrected chi connectivity index (χ3v) is 5.24. The van der Waals surface area contributed by atoms with Gasteiger partial charge in [-0.05, 0) is 25.3 Å². The minimum absolute atomic E-state index is 0.348. The highest BCUT2D eigenvalue weighted by atomic mass is 16.5. The summed E-state index contributed by atoms with van der Waals surface area (Å²) in [5.74, 6) is 1.21. The van der Waals surface area contributed by atoms with Gasteiger partial charge in [-0.15, -0.1) is 0 Å². The summed E-state index contributed by atoms with van der Waals surface area (Å²) >= 11 is 0. The van der Waals surface area contributed by atoms with Gasteiger partial charge in [-0.1, -0.05) is 60.6 Å². The average Bonchev–Trinajstić information content (AvgIpc) is 3.27. The molecule has 0 aliphatic heterocycles. The number of aliphatic imine (C=N–C) groups is 1. The molecule has 2 aromatic carbocycles. The van der Waals surface area contributed by atoms with E-state index in [0.29, 0.717) is 11.5 Å². The lowest BCUT2D eigenvalue weighted by Crippen LogP contribution is -2.11. The topological polar surface area (TPSA) is 103 Å². The van der Waals surface area contributed by atoms with Crippen molar-refractivity contribution in [1.82, 2.24) is 10.1 Å². The zero-order valence-corrected chi connectivity index (χ0v) is 17.7. The molecule has 0 spiro atoms. The molecule has 31 heavy (non-hydrogen) atoms. The summed E-state index contributed by atoms with van der Waals surface area (Å²) in [4.78, 5) is 9.29. The van der Waals surface area contributed by atoms with Gasteiger partial charge in [0.15, 0.2) is 0 Å². The van der Waals surface area contributed by atoms with Crippen molar-refractivity contribution in [1.29, 1.82) is 0 Å². The Labute approximate surface area is 182 Å². The number of nitrogens with two attached hydrogens (primary N) is 2. The highest BCUT2D eigenvalue weighted by Crippen LogP contribution is 2.29. The van der Waals surface area contributed by atoms with Crippen LogP contribution in [-0.2, 0) is 6.42 Å². The maximum absolute atomic E-state index is 6.38. The number of hydrogen-bond donors (Lipinski definition) is 2. The van der Waals surface area contributed by atoms with Crippen LogP contribution in [0.25, 0.3) is 22.2 Å². The molecule has 0 saturated carbocycles. The van der Waals surface area contributed by atoms with E-state index < -0.39 is 0 Å². The first kappa shape index (κ1) is 20.6. The SMILES string of the molecule is CCCN=C(CCCc1cc(-c2ccccc2)no1)c1c(N)c(N)nc2ccccc12. The van der Waals surface area contributed by atoms with Crippen molar-refractivity contribution < 1.29 is 4.52 Å². The number of nitrogen functional groups attached to an aromatic ring is 2. The zero-order chi connectivity index (χ0) is 21.6. The first-order valence-electron chi connectivity index (χ1n) is 10.7. The molecule has 0 atom stereocenters. The zero-order valence-electron chi connectivity index (χ0n) is 17.7. The Morgan fingerprint density at radius 3 is 2.61 bits per heavy atom. The van der Waals surface area contributed by atoms with Crippen molar-refractivity contribution in [2.75, 3.05) is 18.0 Å². The van der Waals surface area contributed by atoms with E-state index in [1.165, 1.54) is 0 Å². The van der Waals surface area contributed by atoms with Crippen LogP contribution in [0.5, 0.6) is 0 Å². The molecular formula is C25H27N5O. The molecular weight excluding hydrogens is 386 g/mol.